The van der Waals surface area contributed by atoms with Gasteiger partial charge in [-0.1, -0.05) is 30.3 Å². The molecular weight excluding hydrogens is 340 g/mol. The summed E-state index contributed by atoms with van der Waals surface area (Å²) < 4.78 is 5.62. The number of aryl methyl sites for hydroxylation is 2. The Morgan fingerprint density at radius 1 is 1.11 bits per heavy atom. The molecule has 0 fully saturated rings. The molecule has 27 heavy (non-hydrogen) atoms. The van der Waals surface area contributed by atoms with Crippen LogP contribution in [0.5, 0.6) is 11.5 Å². The molecule has 1 aromatic heterocycles. The molecule has 0 aliphatic carbocycles. The van der Waals surface area contributed by atoms with E-state index in [9.17, 15) is 10.2 Å². The minimum absolute atomic E-state index is 0.0123. The summed E-state index contributed by atoms with van der Waals surface area (Å²) in [5, 5.41) is 24.6. The van der Waals surface area contributed by atoms with E-state index in [1.165, 1.54) is 17.2 Å². The monoisotopic (exact) mass is 364 g/mol. The van der Waals surface area contributed by atoms with E-state index in [0.29, 0.717) is 17.7 Å². The van der Waals surface area contributed by atoms with E-state index < -0.39 is 0 Å². The number of hydrogen-bond acceptors (Lipinski definition) is 5. The lowest BCUT2D eigenvalue weighted by Gasteiger charge is -2.25. The second-order valence-electron chi connectivity index (χ2n) is 7.30. The van der Waals surface area contributed by atoms with Gasteiger partial charge in [-0.2, -0.15) is 0 Å². The van der Waals surface area contributed by atoms with E-state index in [1.807, 2.05) is 13.8 Å². The molecule has 2 aromatic carbocycles. The Morgan fingerprint density at radius 3 is 2.70 bits per heavy atom. The fourth-order valence-corrected chi connectivity index (χ4v) is 3.83. The molecule has 4 rings (SSSR count). The predicted octanol–water partition coefficient (Wildman–Crippen LogP) is 4.28. The van der Waals surface area contributed by atoms with Crippen molar-refractivity contribution in [3.63, 3.8) is 0 Å². The summed E-state index contributed by atoms with van der Waals surface area (Å²) in [6.07, 6.45) is 1.68. The maximum absolute atomic E-state index is 10.4. The van der Waals surface area contributed by atoms with Gasteiger partial charge in [-0.25, -0.2) is 0 Å². The van der Waals surface area contributed by atoms with E-state index in [1.54, 1.807) is 6.07 Å². The highest BCUT2D eigenvalue weighted by molar-refractivity contribution is 5.84. The minimum Gasteiger partial charge on any atom is -0.508 e. The smallest absolute Gasteiger partial charge is 0.178 e. The molecule has 0 saturated carbocycles. The number of benzene rings is 2. The molecule has 140 valence electrons. The highest BCUT2D eigenvalue weighted by Gasteiger charge is 2.22. The molecule has 0 unspecified atom stereocenters. The maximum Gasteiger partial charge on any atom is 0.178 e. The normalized spacial score (nSPS) is 14.3. The summed E-state index contributed by atoms with van der Waals surface area (Å²) in [4.78, 5) is 2.32. The second kappa shape index (κ2) is 6.74. The summed E-state index contributed by atoms with van der Waals surface area (Å²) in [7, 11) is 2.14. The van der Waals surface area contributed by atoms with Gasteiger partial charge in [0.15, 0.2) is 5.76 Å². The third kappa shape index (κ3) is 3.08. The number of likely N-dealkylation sites (N-methyl/N-ethyl adjacent to an activating group) is 1. The number of rotatable bonds is 3. The highest BCUT2D eigenvalue weighted by Crippen LogP contribution is 2.42. The van der Waals surface area contributed by atoms with Crippen molar-refractivity contribution in [2.24, 2.45) is 0 Å². The molecular formula is C22H24N2O3. The van der Waals surface area contributed by atoms with Gasteiger partial charge < -0.3 is 19.6 Å². The Hall–Kier alpha value is -2.79. The first-order valence-electron chi connectivity index (χ1n) is 9.30. The molecule has 0 spiro atoms. The SMILES string of the molecule is CCc1cc(-c2onc(C)c2-c2ccc3c(c2)CCN(C)C3)c(O)cc1O. The lowest BCUT2D eigenvalue weighted by atomic mass is 9.92. The van der Waals surface area contributed by atoms with Gasteiger partial charge in [-0.3, -0.25) is 0 Å². The molecule has 0 bridgehead atoms. The van der Waals surface area contributed by atoms with Gasteiger partial charge in [0.25, 0.3) is 0 Å². The van der Waals surface area contributed by atoms with Crippen LogP contribution in [0.4, 0.5) is 0 Å². The Kier molecular flexibility index (Phi) is 4.40. The zero-order valence-electron chi connectivity index (χ0n) is 15.9. The molecule has 0 saturated heterocycles. The molecule has 0 amide bonds. The van der Waals surface area contributed by atoms with Gasteiger partial charge in [0.2, 0.25) is 0 Å². The molecule has 1 aliphatic heterocycles. The highest BCUT2D eigenvalue weighted by atomic mass is 16.5. The summed E-state index contributed by atoms with van der Waals surface area (Å²) >= 11 is 0. The van der Waals surface area contributed by atoms with E-state index in [2.05, 4.69) is 35.3 Å². The third-order valence-electron chi connectivity index (χ3n) is 5.38. The van der Waals surface area contributed by atoms with Crippen molar-refractivity contribution in [3.8, 4) is 33.9 Å². The molecule has 0 radical (unpaired) electrons. The topological polar surface area (TPSA) is 69.7 Å². The molecule has 0 atom stereocenters. The van der Waals surface area contributed by atoms with Crippen molar-refractivity contribution in [2.75, 3.05) is 13.6 Å². The van der Waals surface area contributed by atoms with Crippen molar-refractivity contribution in [3.05, 3.63) is 52.7 Å². The zero-order valence-corrected chi connectivity index (χ0v) is 15.9. The van der Waals surface area contributed by atoms with Gasteiger partial charge in [-0.15, -0.1) is 0 Å². The Balaban J connectivity index is 1.84. The van der Waals surface area contributed by atoms with Crippen molar-refractivity contribution in [2.45, 2.75) is 33.2 Å². The summed E-state index contributed by atoms with van der Waals surface area (Å²) in [6, 6.07) is 9.63. The summed E-state index contributed by atoms with van der Waals surface area (Å²) in [5.41, 5.74) is 6.72. The van der Waals surface area contributed by atoms with Crippen LogP contribution in [0, 0.1) is 6.92 Å². The summed E-state index contributed by atoms with van der Waals surface area (Å²) in [5.74, 6) is 0.615. The molecule has 3 aromatic rings. The van der Waals surface area contributed by atoms with Crippen LogP contribution in [0.1, 0.15) is 29.3 Å². The van der Waals surface area contributed by atoms with Gasteiger partial charge in [0, 0.05) is 19.2 Å². The lowest BCUT2D eigenvalue weighted by Crippen LogP contribution is -2.26. The second-order valence-corrected chi connectivity index (χ2v) is 7.30. The lowest BCUT2D eigenvalue weighted by molar-refractivity contribution is 0.313. The van der Waals surface area contributed by atoms with Crippen LogP contribution < -0.4 is 0 Å². The predicted molar refractivity (Wildman–Crippen MR) is 105 cm³/mol. The molecule has 2 N–H and O–H groups in total. The number of fused-ring (bicyclic) bond motifs is 1. The number of phenolic OH excluding ortho intramolecular Hbond substituents is 2. The fraction of sp³-hybridized carbons (Fsp3) is 0.318. The Morgan fingerprint density at radius 2 is 1.93 bits per heavy atom. The van der Waals surface area contributed by atoms with Crippen LogP contribution in [0.15, 0.2) is 34.9 Å². The number of nitrogens with zero attached hydrogens (tertiary/aromatic N) is 2. The number of aromatic nitrogens is 1. The van der Waals surface area contributed by atoms with Crippen LogP contribution >= 0.6 is 0 Å². The van der Waals surface area contributed by atoms with Crippen LogP contribution in [0.25, 0.3) is 22.5 Å². The maximum atomic E-state index is 10.4. The molecule has 1 aliphatic rings. The van der Waals surface area contributed by atoms with Crippen molar-refractivity contribution in [1.82, 2.24) is 10.1 Å². The molecule has 2 heterocycles. The number of hydrogen-bond donors (Lipinski definition) is 2. The average molecular weight is 364 g/mol. The average Bonchev–Trinajstić information content (AvgIpc) is 3.02. The molecule has 5 nitrogen and oxygen atoms in total. The minimum atomic E-state index is -0.0123. The van der Waals surface area contributed by atoms with Crippen molar-refractivity contribution >= 4 is 0 Å². The number of aromatic hydroxyl groups is 2. The van der Waals surface area contributed by atoms with Crippen LogP contribution in [0.2, 0.25) is 0 Å². The van der Waals surface area contributed by atoms with Crippen molar-refractivity contribution < 1.29 is 14.7 Å². The van der Waals surface area contributed by atoms with E-state index >= 15 is 0 Å². The van der Waals surface area contributed by atoms with Gasteiger partial charge in [-0.05, 0) is 55.1 Å². The van der Waals surface area contributed by atoms with E-state index in [-0.39, 0.29) is 11.5 Å². The van der Waals surface area contributed by atoms with Crippen LogP contribution in [-0.2, 0) is 19.4 Å². The molecule has 5 heteroatoms. The largest absolute Gasteiger partial charge is 0.508 e. The Labute approximate surface area is 158 Å². The first-order valence-corrected chi connectivity index (χ1v) is 9.30. The van der Waals surface area contributed by atoms with E-state index in [4.69, 9.17) is 4.52 Å². The van der Waals surface area contributed by atoms with Gasteiger partial charge >= 0.3 is 0 Å². The Bertz CT molecular complexity index is 1010. The van der Waals surface area contributed by atoms with Crippen LogP contribution in [0.3, 0.4) is 0 Å². The first kappa shape index (κ1) is 17.6. The van der Waals surface area contributed by atoms with Gasteiger partial charge in [0.1, 0.15) is 11.5 Å². The summed E-state index contributed by atoms with van der Waals surface area (Å²) in [6.45, 7) is 5.88. The standard InChI is InChI=1S/C22H24N2O3/c1-4-14-10-18(20(26)11-19(14)25)22-21(13(2)23-27-22)16-5-6-17-12-24(3)8-7-15(17)9-16/h5-6,9-11,25-26H,4,7-8,12H2,1-3H3. The van der Waals surface area contributed by atoms with Crippen LogP contribution in [-0.4, -0.2) is 33.9 Å². The van der Waals surface area contributed by atoms with Crippen molar-refractivity contribution in [1.29, 1.82) is 0 Å². The number of phenols is 2. The van der Waals surface area contributed by atoms with E-state index in [0.717, 1.165) is 41.9 Å². The fourth-order valence-electron chi connectivity index (χ4n) is 3.83. The quantitative estimate of drug-likeness (QED) is 0.726. The zero-order chi connectivity index (χ0) is 19.1. The van der Waals surface area contributed by atoms with Gasteiger partial charge in [0.05, 0.1) is 16.8 Å². The third-order valence-corrected chi connectivity index (χ3v) is 5.38. The first-order chi connectivity index (χ1) is 13.0.